The minimum absolute atomic E-state index is 0.0459. The number of nitrogens with zero attached hydrogens (tertiary/aromatic N) is 2. The van der Waals surface area contributed by atoms with Gasteiger partial charge in [0, 0.05) is 40.7 Å². The third-order valence-corrected chi connectivity index (χ3v) is 8.41. The van der Waals surface area contributed by atoms with E-state index in [4.69, 9.17) is 0 Å². The van der Waals surface area contributed by atoms with Crippen LogP contribution in [0.3, 0.4) is 0 Å². The topological polar surface area (TPSA) is 121 Å². The summed E-state index contributed by atoms with van der Waals surface area (Å²) >= 11 is 0. The molecule has 0 aliphatic rings. The van der Waals surface area contributed by atoms with E-state index < -0.39 is 15.7 Å². The third kappa shape index (κ3) is 6.40. The molecule has 0 bridgehead atoms. The van der Waals surface area contributed by atoms with E-state index in [0.717, 1.165) is 49.9 Å². The second kappa shape index (κ2) is 11.7. The van der Waals surface area contributed by atoms with Crippen LogP contribution in [-0.2, 0) is 21.1 Å². The molecule has 6 aromatic rings. The lowest BCUT2D eigenvalue weighted by atomic mass is 9.98. The molecule has 3 heterocycles. The minimum atomic E-state index is -3.18. The number of anilines is 1. The summed E-state index contributed by atoms with van der Waals surface area (Å²) in [6, 6.07) is 20.4. The number of hydrogen-bond acceptors (Lipinski definition) is 5. The SMILES string of the molecule is CC(C)CC(=O)Nc1cncc(-c2ccc3[nH]nc(-c4cc5c(-c6cc(F)cc(CCS(C)(=O)=O)c6)cccc5[nH]4)c3c2)c1. The Morgan fingerprint density at radius 1 is 0.932 bits per heavy atom. The van der Waals surface area contributed by atoms with E-state index in [1.807, 2.05) is 68.4 Å². The first-order valence-corrected chi connectivity index (χ1v) is 16.4. The van der Waals surface area contributed by atoms with E-state index in [9.17, 15) is 17.6 Å². The Morgan fingerprint density at radius 3 is 2.57 bits per heavy atom. The normalized spacial score (nSPS) is 11.9. The fraction of sp³-hybridized carbons (Fsp3) is 0.206. The van der Waals surface area contributed by atoms with Crippen LogP contribution < -0.4 is 5.32 Å². The minimum Gasteiger partial charge on any atom is -0.353 e. The van der Waals surface area contributed by atoms with Crippen LogP contribution in [0.4, 0.5) is 10.1 Å². The maximum absolute atomic E-state index is 14.7. The predicted octanol–water partition coefficient (Wildman–Crippen LogP) is 7.15. The van der Waals surface area contributed by atoms with E-state index >= 15 is 0 Å². The van der Waals surface area contributed by atoms with Crippen molar-refractivity contribution in [3.63, 3.8) is 0 Å². The number of H-pyrrole nitrogens is 2. The molecule has 3 aromatic heterocycles. The average Bonchev–Trinajstić information content (AvgIpc) is 3.59. The molecule has 44 heavy (non-hydrogen) atoms. The molecule has 1 amide bonds. The van der Waals surface area contributed by atoms with Gasteiger partial charge in [-0.1, -0.05) is 38.1 Å². The van der Waals surface area contributed by atoms with Crippen LogP contribution in [0.2, 0.25) is 0 Å². The number of fused-ring (bicyclic) bond motifs is 2. The summed E-state index contributed by atoms with van der Waals surface area (Å²) in [5.74, 6) is -0.252. The molecular formula is C34H32FN5O3S. The summed E-state index contributed by atoms with van der Waals surface area (Å²) in [5.41, 5.74) is 7.79. The number of pyridine rings is 1. The number of nitrogens with one attached hydrogen (secondary N) is 3. The molecule has 224 valence electrons. The van der Waals surface area contributed by atoms with Crippen molar-refractivity contribution < 1.29 is 17.6 Å². The second-order valence-corrected chi connectivity index (χ2v) is 13.9. The molecule has 0 saturated heterocycles. The smallest absolute Gasteiger partial charge is 0.224 e. The van der Waals surface area contributed by atoms with Gasteiger partial charge in [0.25, 0.3) is 0 Å². The van der Waals surface area contributed by atoms with Crippen molar-refractivity contribution >= 4 is 43.2 Å². The highest BCUT2D eigenvalue weighted by atomic mass is 32.2. The van der Waals surface area contributed by atoms with Gasteiger partial charge >= 0.3 is 0 Å². The Kier molecular flexibility index (Phi) is 7.77. The maximum Gasteiger partial charge on any atom is 0.224 e. The largest absolute Gasteiger partial charge is 0.353 e. The van der Waals surface area contributed by atoms with Gasteiger partial charge in [0.1, 0.15) is 21.3 Å². The molecule has 3 aromatic carbocycles. The van der Waals surface area contributed by atoms with Crippen LogP contribution in [0.15, 0.2) is 79.1 Å². The Balaban J connectivity index is 1.36. The van der Waals surface area contributed by atoms with E-state index in [2.05, 4.69) is 25.5 Å². The average molecular weight is 610 g/mol. The van der Waals surface area contributed by atoms with Crippen molar-refractivity contribution in [2.24, 2.45) is 5.92 Å². The molecule has 0 radical (unpaired) electrons. The number of carbonyl (C=O) groups is 1. The molecule has 8 nitrogen and oxygen atoms in total. The first-order valence-electron chi connectivity index (χ1n) is 14.4. The van der Waals surface area contributed by atoms with Crippen molar-refractivity contribution in [1.29, 1.82) is 0 Å². The number of halogens is 1. The van der Waals surface area contributed by atoms with Crippen molar-refractivity contribution in [2.45, 2.75) is 26.7 Å². The Hall–Kier alpha value is -4.83. The summed E-state index contributed by atoms with van der Waals surface area (Å²) in [5, 5.41) is 12.4. The zero-order valence-corrected chi connectivity index (χ0v) is 25.4. The molecule has 0 spiro atoms. The lowest BCUT2D eigenvalue weighted by Gasteiger charge is -2.09. The lowest BCUT2D eigenvalue weighted by Crippen LogP contribution is -2.13. The molecule has 0 aliphatic carbocycles. The summed E-state index contributed by atoms with van der Waals surface area (Å²) in [6.07, 6.45) is 5.25. The van der Waals surface area contributed by atoms with Crippen molar-refractivity contribution in [3.8, 4) is 33.6 Å². The summed E-state index contributed by atoms with van der Waals surface area (Å²) in [6.45, 7) is 4.00. The van der Waals surface area contributed by atoms with Crippen LogP contribution in [0.5, 0.6) is 0 Å². The van der Waals surface area contributed by atoms with Gasteiger partial charge in [-0.2, -0.15) is 5.10 Å². The number of sulfone groups is 1. The molecule has 10 heteroatoms. The zero-order valence-electron chi connectivity index (χ0n) is 24.6. The third-order valence-electron chi connectivity index (χ3n) is 7.46. The van der Waals surface area contributed by atoms with E-state index in [0.29, 0.717) is 23.2 Å². The number of amides is 1. The molecule has 0 atom stereocenters. The van der Waals surface area contributed by atoms with E-state index in [-0.39, 0.29) is 24.0 Å². The van der Waals surface area contributed by atoms with Gasteiger partial charge in [0.05, 0.1) is 28.8 Å². The van der Waals surface area contributed by atoms with Crippen LogP contribution in [-0.4, -0.2) is 46.5 Å². The van der Waals surface area contributed by atoms with Gasteiger partial charge in [0.2, 0.25) is 5.91 Å². The fourth-order valence-electron chi connectivity index (χ4n) is 5.44. The van der Waals surface area contributed by atoms with Gasteiger partial charge in [-0.15, -0.1) is 0 Å². The highest BCUT2D eigenvalue weighted by Crippen LogP contribution is 2.36. The molecule has 0 aliphatic heterocycles. The second-order valence-electron chi connectivity index (χ2n) is 11.6. The molecule has 0 fully saturated rings. The standard InChI is InChI=1S/C34H32FN5O3S/c1-20(2)11-33(41)37-26-15-24(18-36-19-26)22-7-8-31-29(16-22)34(40-39-31)32-17-28-27(5-4-6-30(28)38-32)23-12-21(13-25(35)14-23)9-10-44(3,42)43/h4-8,12-20,38H,9-11H2,1-3H3,(H,37,41)(H,39,40). The zero-order chi connectivity index (χ0) is 31.0. The van der Waals surface area contributed by atoms with Crippen LogP contribution >= 0.6 is 0 Å². The van der Waals surface area contributed by atoms with Crippen molar-refractivity contribution in [1.82, 2.24) is 20.2 Å². The molecule has 0 saturated carbocycles. The van der Waals surface area contributed by atoms with Crippen molar-refractivity contribution in [2.75, 3.05) is 17.3 Å². The first kappa shape index (κ1) is 29.3. The molecular weight excluding hydrogens is 577 g/mol. The number of rotatable bonds is 9. The Bertz CT molecular complexity index is 2130. The highest BCUT2D eigenvalue weighted by molar-refractivity contribution is 7.90. The van der Waals surface area contributed by atoms with E-state index in [1.165, 1.54) is 18.4 Å². The number of aromatic nitrogens is 4. The highest BCUT2D eigenvalue weighted by Gasteiger charge is 2.16. The summed E-state index contributed by atoms with van der Waals surface area (Å²) in [4.78, 5) is 20.1. The molecule has 0 unspecified atom stereocenters. The van der Waals surface area contributed by atoms with Gasteiger partial charge in [0.15, 0.2) is 0 Å². The van der Waals surface area contributed by atoms with Crippen molar-refractivity contribution in [3.05, 3.63) is 90.5 Å². The quantitative estimate of drug-likeness (QED) is 0.161. The van der Waals surface area contributed by atoms with Crippen LogP contribution in [0.1, 0.15) is 25.8 Å². The number of carbonyl (C=O) groups excluding carboxylic acids is 1. The lowest BCUT2D eigenvalue weighted by molar-refractivity contribution is -0.116. The molecule has 6 rings (SSSR count). The number of benzene rings is 3. The number of aromatic amines is 2. The summed E-state index contributed by atoms with van der Waals surface area (Å²) < 4.78 is 38.0. The van der Waals surface area contributed by atoms with Gasteiger partial charge in [-0.25, -0.2) is 12.8 Å². The van der Waals surface area contributed by atoms with Gasteiger partial charge in [-0.3, -0.25) is 14.9 Å². The monoisotopic (exact) mass is 609 g/mol. The van der Waals surface area contributed by atoms with E-state index in [1.54, 1.807) is 12.4 Å². The first-order chi connectivity index (χ1) is 21.0. The summed E-state index contributed by atoms with van der Waals surface area (Å²) in [7, 11) is -3.18. The number of hydrogen-bond donors (Lipinski definition) is 3. The molecule has 3 N–H and O–H groups in total. The fourth-order valence-corrected chi connectivity index (χ4v) is 6.04. The predicted molar refractivity (Wildman–Crippen MR) is 174 cm³/mol. The Labute approximate surface area is 254 Å². The maximum atomic E-state index is 14.7. The van der Waals surface area contributed by atoms with Gasteiger partial charge in [-0.05, 0) is 77.1 Å². The van der Waals surface area contributed by atoms with Crippen LogP contribution in [0.25, 0.3) is 55.4 Å². The van der Waals surface area contributed by atoms with Crippen LogP contribution in [0, 0.1) is 11.7 Å². The Morgan fingerprint density at radius 2 is 1.77 bits per heavy atom. The van der Waals surface area contributed by atoms with Gasteiger partial charge < -0.3 is 10.3 Å². The number of aryl methyl sites for hydroxylation is 1.